The molecular weight excluding hydrogens is 561 g/mol. The smallest absolute Gasteiger partial charge is 0.422 e. The first-order valence-corrected chi connectivity index (χ1v) is 11.1. The Morgan fingerprint density at radius 1 is 0.500 bits per heavy atom. The van der Waals surface area contributed by atoms with Crippen LogP contribution in [0.15, 0.2) is 48.5 Å². The van der Waals surface area contributed by atoms with Gasteiger partial charge < -0.3 is 4.74 Å². The molecule has 0 saturated heterocycles. The standard InChI is InChI=1S/C28H11F11O/c1-40-10-6-17(31)21(18(32)7-10)19-11-4-2-3-5-12(11)20(14-9-16(30)15(29)8-13(14)19)22-24(33)26(35)23(28(37,38)39)27(36)25(22)34/h2-9H,1H3. The van der Waals surface area contributed by atoms with Gasteiger partial charge in [0, 0.05) is 23.3 Å². The molecule has 1 nitrogen and oxygen atoms in total. The summed E-state index contributed by atoms with van der Waals surface area (Å²) < 4.78 is 163. The molecular formula is C28H11F11O. The van der Waals surface area contributed by atoms with E-state index in [0.29, 0.717) is 12.1 Å². The van der Waals surface area contributed by atoms with Crippen molar-refractivity contribution in [1.29, 1.82) is 0 Å². The van der Waals surface area contributed by atoms with Crippen LogP contribution in [0.5, 0.6) is 5.75 Å². The summed E-state index contributed by atoms with van der Waals surface area (Å²) in [6.45, 7) is 0. The van der Waals surface area contributed by atoms with Crippen LogP contribution in [-0.2, 0) is 6.18 Å². The minimum absolute atomic E-state index is 0.249. The Morgan fingerprint density at radius 3 is 1.32 bits per heavy atom. The van der Waals surface area contributed by atoms with Crippen LogP contribution >= 0.6 is 0 Å². The maximum absolute atomic E-state index is 15.2. The Labute approximate surface area is 217 Å². The maximum Gasteiger partial charge on any atom is 0.422 e. The Bertz CT molecular complexity index is 1810. The zero-order valence-electron chi connectivity index (χ0n) is 19.7. The number of methoxy groups -OCH3 is 1. The average molecular weight is 572 g/mol. The largest absolute Gasteiger partial charge is 0.497 e. The molecule has 5 aromatic rings. The Hall–Kier alpha value is -4.35. The van der Waals surface area contributed by atoms with Crippen molar-refractivity contribution in [2.75, 3.05) is 7.11 Å². The van der Waals surface area contributed by atoms with E-state index in [1.165, 1.54) is 12.1 Å². The molecule has 40 heavy (non-hydrogen) atoms. The minimum atomic E-state index is -5.83. The topological polar surface area (TPSA) is 9.23 Å². The zero-order valence-corrected chi connectivity index (χ0v) is 19.7. The Kier molecular flexibility index (Phi) is 6.39. The van der Waals surface area contributed by atoms with Crippen molar-refractivity contribution in [3.63, 3.8) is 0 Å². The number of benzene rings is 5. The van der Waals surface area contributed by atoms with E-state index in [2.05, 4.69) is 0 Å². The van der Waals surface area contributed by atoms with E-state index in [9.17, 15) is 30.7 Å². The number of fused-ring (bicyclic) bond motifs is 2. The summed E-state index contributed by atoms with van der Waals surface area (Å²) in [7, 11) is 1.12. The van der Waals surface area contributed by atoms with E-state index in [4.69, 9.17) is 4.74 Å². The highest BCUT2D eigenvalue weighted by atomic mass is 19.4. The molecule has 0 fully saturated rings. The predicted molar refractivity (Wildman–Crippen MR) is 124 cm³/mol. The molecule has 0 saturated carbocycles. The highest BCUT2D eigenvalue weighted by molar-refractivity contribution is 6.21. The van der Waals surface area contributed by atoms with Crippen LogP contribution in [0, 0.1) is 46.5 Å². The number of hydrogen-bond acceptors (Lipinski definition) is 1. The summed E-state index contributed by atoms with van der Waals surface area (Å²) in [6, 6.07) is 7.08. The molecule has 0 unspecified atom stereocenters. The molecule has 0 spiro atoms. The lowest BCUT2D eigenvalue weighted by Crippen LogP contribution is -2.16. The number of hydrogen-bond donors (Lipinski definition) is 0. The van der Waals surface area contributed by atoms with Gasteiger partial charge in [-0.3, -0.25) is 0 Å². The first kappa shape index (κ1) is 27.2. The van der Waals surface area contributed by atoms with Gasteiger partial charge in [-0.05, 0) is 33.7 Å². The normalized spacial score (nSPS) is 12.0. The van der Waals surface area contributed by atoms with E-state index < -0.39 is 96.7 Å². The summed E-state index contributed by atoms with van der Waals surface area (Å²) in [4.78, 5) is 0. The van der Waals surface area contributed by atoms with Crippen molar-refractivity contribution >= 4 is 21.5 Å². The molecule has 0 N–H and O–H groups in total. The monoisotopic (exact) mass is 572 g/mol. The highest BCUT2D eigenvalue weighted by Crippen LogP contribution is 2.48. The third-order valence-corrected chi connectivity index (χ3v) is 6.36. The van der Waals surface area contributed by atoms with E-state index in [0.717, 1.165) is 31.4 Å². The molecule has 12 heteroatoms. The second-order valence-electron chi connectivity index (χ2n) is 8.58. The first-order chi connectivity index (χ1) is 18.8. The van der Waals surface area contributed by atoms with Gasteiger partial charge in [0.1, 0.15) is 22.9 Å². The van der Waals surface area contributed by atoms with Crippen LogP contribution in [0.1, 0.15) is 5.56 Å². The number of rotatable bonds is 3. The number of alkyl halides is 3. The number of ether oxygens (including phenoxy) is 1. The van der Waals surface area contributed by atoms with E-state index in [-0.39, 0.29) is 11.1 Å². The Morgan fingerprint density at radius 2 is 0.925 bits per heavy atom. The molecule has 5 rings (SSSR count). The fraction of sp³-hybridized carbons (Fsp3) is 0.0714. The van der Waals surface area contributed by atoms with Gasteiger partial charge in [-0.2, -0.15) is 13.2 Å². The van der Waals surface area contributed by atoms with E-state index in [1.807, 2.05) is 0 Å². The van der Waals surface area contributed by atoms with Crippen molar-refractivity contribution in [3.8, 4) is 28.0 Å². The summed E-state index contributed by atoms with van der Waals surface area (Å²) in [5.41, 5.74) is -6.64. The molecule has 0 radical (unpaired) electrons. The molecule has 0 heterocycles. The van der Waals surface area contributed by atoms with Gasteiger partial charge >= 0.3 is 6.18 Å². The summed E-state index contributed by atoms with van der Waals surface area (Å²) in [5.74, 6) is -16.5. The fourth-order valence-electron chi connectivity index (χ4n) is 4.72. The lowest BCUT2D eigenvalue weighted by atomic mass is 9.84. The third-order valence-electron chi connectivity index (χ3n) is 6.36. The first-order valence-electron chi connectivity index (χ1n) is 11.1. The van der Waals surface area contributed by atoms with Gasteiger partial charge in [0.2, 0.25) is 0 Å². The van der Waals surface area contributed by atoms with Crippen LogP contribution in [0.3, 0.4) is 0 Å². The van der Waals surface area contributed by atoms with Crippen LogP contribution < -0.4 is 4.74 Å². The average Bonchev–Trinajstić information content (AvgIpc) is 2.88. The van der Waals surface area contributed by atoms with Gasteiger partial charge in [0.15, 0.2) is 34.9 Å². The summed E-state index contributed by atoms with van der Waals surface area (Å²) in [5, 5.41) is -1.95. The molecule has 0 aliphatic carbocycles. The van der Waals surface area contributed by atoms with Crippen LogP contribution in [-0.4, -0.2) is 7.11 Å². The van der Waals surface area contributed by atoms with Gasteiger partial charge in [-0.15, -0.1) is 0 Å². The van der Waals surface area contributed by atoms with E-state index >= 15 is 17.6 Å². The molecule has 5 aromatic carbocycles. The molecule has 0 atom stereocenters. The van der Waals surface area contributed by atoms with Crippen molar-refractivity contribution in [1.82, 2.24) is 0 Å². The molecule has 0 bridgehead atoms. The second-order valence-corrected chi connectivity index (χ2v) is 8.58. The Balaban J connectivity index is 2.06. The van der Waals surface area contributed by atoms with Crippen molar-refractivity contribution in [2.45, 2.75) is 6.18 Å². The second kappa shape index (κ2) is 9.39. The van der Waals surface area contributed by atoms with E-state index in [1.54, 1.807) is 0 Å². The fourth-order valence-corrected chi connectivity index (χ4v) is 4.72. The van der Waals surface area contributed by atoms with Crippen LogP contribution in [0.4, 0.5) is 48.3 Å². The molecule has 0 aliphatic heterocycles. The van der Waals surface area contributed by atoms with Gasteiger partial charge in [0.05, 0.1) is 18.2 Å². The highest BCUT2D eigenvalue weighted by Gasteiger charge is 2.43. The third kappa shape index (κ3) is 4.00. The number of halogens is 11. The van der Waals surface area contributed by atoms with Gasteiger partial charge in [0.25, 0.3) is 0 Å². The summed E-state index contributed by atoms with van der Waals surface area (Å²) >= 11 is 0. The van der Waals surface area contributed by atoms with Crippen molar-refractivity contribution < 1.29 is 53.0 Å². The van der Waals surface area contributed by atoms with Gasteiger partial charge in [-0.25, -0.2) is 35.1 Å². The molecule has 206 valence electrons. The van der Waals surface area contributed by atoms with Crippen molar-refractivity contribution in [2.24, 2.45) is 0 Å². The van der Waals surface area contributed by atoms with Crippen LogP contribution in [0.2, 0.25) is 0 Å². The van der Waals surface area contributed by atoms with Gasteiger partial charge in [-0.1, -0.05) is 24.3 Å². The maximum atomic E-state index is 15.2. The molecule has 0 amide bonds. The molecule has 0 aromatic heterocycles. The SMILES string of the molecule is COc1cc(F)c(-c2c3ccccc3c(-c3c(F)c(F)c(C(F)(F)F)c(F)c3F)c3cc(F)c(F)cc23)c(F)c1. The quantitative estimate of drug-likeness (QED) is 0.119. The van der Waals surface area contributed by atoms with Crippen LogP contribution in [0.25, 0.3) is 43.8 Å². The zero-order chi connectivity index (χ0) is 29.3. The lowest BCUT2D eigenvalue weighted by molar-refractivity contribution is -0.143. The predicted octanol–water partition coefficient (Wildman–Crippen LogP) is 9.47. The van der Waals surface area contributed by atoms with Crippen molar-refractivity contribution in [3.05, 3.63) is 101 Å². The summed E-state index contributed by atoms with van der Waals surface area (Å²) in [6.07, 6.45) is -5.83. The lowest BCUT2D eigenvalue weighted by Gasteiger charge is -2.20. The minimum Gasteiger partial charge on any atom is -0.497 e. The molecule has 0 aliphatic rings.